The van der Waals surface area contributed by atoms with E-state index in [4.69, 9.17) is 0 Å². The van der Waals surface area contributed by atoms with Crippen molar-refractivity contribution < 1.29 is 0 Å². The number of nitrogens with zero attached hydrogens (tertiary/aromatic N) is 4. The quantitative estimate of drug-likeness (QED) is 0.748. The Labute approximate surface area is 111 Å². The van der Waals surface area contributed by atoms with Gasteiger partial charge in [-0.1, -0.05) is 0 Å². The molecule has 0 amide bonds. The molecule has 1 aromatic rings. The first-order chi connectivity index (χ1) is 8.88. The molecule has 7 heteroatoms. The summed E-state index contributed by atoms with van der Waals surface area (Å²) in [6.07, 6.45) is 1.88. The predicted octanol–water partition coefficient (Wildman–Crippen LogP) is -0.943. The van der Waals surface area contributed by atoms with E-state index < -0.39 is 5.69 Å². The summed E-state index contributed by atoms with van der Waals surface area (Å²) in [7, 11) is 5.00. The Kier molecular flexibility index (Phi) is 3.49. The molecule has 106 valence electrons. The fourth-order valence-corrected chi connectivity index (χ4v) is 2.34. The molecule has 0 radical (unpaired) electrons. The van der Waals surface area contributed by atoms with Gasteiger partial charge in [-0.15, -0.1) is 5.10 Å². The van der Waals surface area contributed by atoms with Gasteiger partial charge >= 0.3 is 5.69 Å². The first kappa shape index (κ1) is 13.8. The lowest BCUT2D eigenvalue weighted by Gasteiger charge is -2.39. The van der Waals surface area contributed by atoms with Crippen LogP contribution in [0.2, 0.25) is 0 Å². The Morgan fingerprint density at radius 2 is 1.79 bits per heavy atom. The van der Waals surface area contributed by atoms with Crippen LogP contribution in [0.4, 0.5) is 5.82 Å². The summed E-state index contributed by atoms with van der Waals surface area (Å²) in [5.74, 6) is 0.364. The maximum absolute atomic E-state index is 12.1. The number of anilines is 1. The lowest BCUT2D eigenvalue weighted by atomic mass is 9.90. The van der Waals surface area contributed by atoms with E-state index in [2.05, 4.69) is 17.3 Å². The predicted molar refractivity (Wildman–Crippen MR) is 73.6 cm³/mol. The van der Waals surface area contributed by atoms with Gasteiger partial charge in [0.2, 0.25) is 5.82 Å². The molecule has 1 fully saturated rings. The van der Waals surface area contributed by atoms with Gasteiger partial charge in [0, 0.05) is 32.7 Å². The zero-order valence-corrected chi connectivity index (χ0v) is 11.9. The molecule has 0 atom stereocenters. The molecule has 0 saturated carbocycles. The Balaban J connectivity index is 2.31. The van der Waals surface area contributed by atoms with Crippen LogP contribution in [0.5, 0.6) is 0 Å². The van der Waals surface area contributed by atoms with Gasteiger partial charge < -0.3 is 10.2 Å². The second-order valence-electron chi connectivity index (χ2n) is 5.39. The molecule has 0 unspecified atom stereocenters. The van der Waals surface area contributed by atoms with Crippen LogP contribution in [0.25, 0.3) is 0 Å². The second kappa shape index (κ2) is 4.80. The maximum Gasteiger partial charge on any atom is 0.346 e. The van der Waals surface area contributed by atoms with Gasteiger partial charge in [0.25, 0.3) is 5.56 Å². The van der Waals surface area contributed by atoms with Crippen LogP contribution in [0.1, 0.15) is 19.8 Å². The molecule has 1 saturated heterocycles. The highest BCUT2D eigenvalue weighted by Gasteiger charge is 2.30. The van der Waals surface area contributed by atoms with Crippen LogP contribution in [0.3, 0.4) is 0 Å². The van der Waals surface area contributed by atoms with E-state index in [0.29, 0.717) is 5.82 Å². The van der Waals surface area contributed by atoms with Crippen molar-refractivity contribution in [3.8, 4) is 0 Å². The summed E-state index contributed by atoms with van der Waals surface area (Å²) in [5, 5.41) is 7.42. The Hall–Kier alpha value is -1.63. The number of hydrogen-bond acceptors (Lipinski definition) is 5. The molecule has 1 N–H and O–H groups in total. The molecule has 0 aromatic carbocycles. The lowest BCUT2D eigenvalue weighted by molar-refractivity contribution is 0.303. The Morgan fingerprint density at radius 1 is 1.21 bits per heavy atom. The lowest BCUT2D eigenvalue weighted by Crippen LogP contribution is -2.52. The van der Waals surface area contributed by atoms with Crippen molar-refractivity contribution in [2.24, 2.45) is 14.1 Å². The van der Waals surface area contributed by atoms with E-state index in [-0.39, 0.29) is 11.1 Å². The largest absolute Gasteiger partial charge is 0.350 e. The minimum Gasteiger partial charge on any atom is -0.350 e. The summed E-state index contributed by atoms with van der Waals surface area (Å²) >= 11 is 0. The molecule has 0 aliphatic carbocycles. The molecule has 2 rings (SSSR count). The van der Waals surface area contributed by atoms with Crippen molar-refractivity contribution in [2.45, 2.75) is 25.3 Å². The average Bonchev–Trinajstić information content (AvgIpc) is 2.42. The van der Waals surface area contributed by atoms with Crippen molar-refractivity contribution in [1.82, 2.24) is 19.7 Å². The van der Waals surface area contributed by atoms with Gasteiger partial charge in [-0.05, 0) is 26.8 Å². The van der Waals surface area contributed by atoms with Crippen LogP contribution in [0.15, 0.2) is 9.59 Å². The van der Waals surface area contributed by atoms with Crippen molar-refractivity contribution in [1.29, 1.82) is 0 Å². The molecule has 1 aliphatic rings. The standard InChI is InChI=1S/C12H21N5O2/c1-12(13-2)5-7-17(8-6-12)9-10(18)15(3)11(19)16(4)14-9/h13H,5-8H2,1-4H3. The fourth-order valence-electron chi connectivity index (χ4n) is 2.34. The summed E-state index contributed by atoms with van der Waals surface area (Å²) in [6.45, 7) is 3.70. The smallest absolute Gasteiger partial charge is 0.346 e. The molecule has 2 heterocycles. The SMILES string of the molecule is CNC1(C)CCN(c2nn(C)c(=O)n(C)c2=O)CC1. The van der Waals surface area contributed by atoms with Crippen molar-refractivity contribution >= 4 is 5.82 Å². The maximum atomic E-state index is 12.1. The molecule has 1 aliphatic heterocycles. The van der Waals surface area contributed by atoms with E-state index in [0.717, 1.165) is 30.5 Å². The topological polar surface area (TPSA) is 72.2 Å². The number of aryl methyl sites for hydroxylation is 1. The van der Waals surface area contributed by atoms with Gasteiger partial charge in [-0.25, -0.2) is 9.48 Å². The highest BCUT2D eigenvalue weighted by Crippen LogP contribution is 2.22. The third-order valence-electron chi connectivity index (χ3n) is 4.07. The molecule has 0 bridgehead atoms. The third-order valence-corrected chi connectivity index (χ3v) is 4.07. The second-order valence-corrected chi connectivity index (χ2v) is 5.39. The first-order valence-electron chi connectivity index (χ1n) is 6.46. The van der Waals surface area contributed by atoms with Crippen molar-refractivity contribution in [3.63, 3.8) is 0 Å². The van der Waals surface area contributed by atoms with E-state index >= 15 is 0 Å². The van der Waals surface area contributed by atoms with E-state index in [1.54, 1.807) is 7.05 Å². The van der Waals surface area contributed by atoms with Gasteiger partial charge in [-0.2, -0.15) is 0 Å². The zero-order valence-electron chi connectivity index (χ0n) is 11.9. The molecule has 7 nitrogen and oxygen atoms in total. The average molecular weight is 267 g/mol. The molecular weight excluding hydrogens is 246 g/mol. The van der Waals surface area contributed by atoms with Crippen molar-refractivity contribution in [3.05, 3.63) is 20.8 Å². The van der Waals surface area contributed by atoms with Crippen LogP contribution < -0.4 is 21.5 Å². The van der Waals surface area contributed by atoms with Gasteiger partial charge in [0.05, 0.1) is 0 Å². The number of piperidine rings is 1. The minimum atomic E-state index is -0.397. The highest BCUT2D eigenvalue weighted by molar-refractivity contribution is 5.35. The number of hydrogen-bond donors (Lipinski definition) is 1. The molecular formula is C12H21N5O2. The minimum absolute atomic E-state index is 0.113. The summed E-state index contributed by atoms with van der Waals surface area (Å²) in [5.41, 5.74) is -0.607. The van der Waals surface area contributed by atoms with Gasteiger partial charge in [-0.3, -0.25) is 9.36 Å². The summed E-state index contributed by atoms with van der Waals surface area (Å²) < 4.78 is 2.32. The normalized spacial score (nSPS) is 18.6. The van der Waals surface area contributed by atoms with Crippen LogP contribution in [0, 0.1) is 0 Å². The zero-order chi connectivity index (χ0) is 14.2. The van der Waals surface area contributed by atoms with E-state index in [9.17, 15) is 9.59 Å². The monoisotopic (exact) mass is 267 g/mol. The molecule has 19 heavy (non-hydrogen) atoms. The number of rotatable bonds is 2. The molecule has 0 spiro atoms. The molecule has 1 aromatic heterocycles. The van der Waals surface area contributed by atoms with E-state index in [1.807, 2.05) is 11.9 Å². The van der Waals surface area contributed by atoms with Crippen molar-refractivity contribution in [2.75, 3.05) is 25.0 Å². The van der Waals surface area contributed by atoms with Crippen LogP contribution in [-0.4, -0.2) is 40.0 Å². The third kappa shape index (κ3) is 2.42. The first-order valence-corrected chi connectivity index (χ1v) is 6.46. The van der Waals surface area contributed by atoms with Crippen LogP contribution >= 0.6 is 0 Å². The Morgan fingerprint density at radius 3 is 2.32 bits per heavy atom. The fraction of sp³-hybridized carbons (Fsp3) is 0.750. The summed E-state index contributed by atoms with van der Waals surface area (Å²) in [4.78, 5) is 25.7. The summed E-state index contributed by atoms with van der Waals surface area (Å²) in [6, 6.07) is 0. The Bertz CT molecular complexity index is 581. The van der Waals surface area contributed by atoms with E-state index in [1.165, 1.54) is 11.7 Å². The van der Waals surface area contributed by atoms with Gasteiger partial charge in [0.1, 0.15) is 0 Å². The highest BCUT2D eigenvalue weighted by atomic mass is 16.2. The number of nitrogens with one attached hydrogen (secondary N) is 1. The van der Waals surface area contributed by atoms with Crippen LogP contribution in [-0.2, 0) is 14.1 Å². The number of aromatic nitrogens is 3. The van der Waals surface area contributed by atoms with Gasteiger partial charge in [0.15, 0.2) is 0 Å².